The lowest BCUT2D eigenvalue weighted by Crippen LogP contribution is -2.27. The Hall–Kier alpha value is -2.16. The van der Waals surface area contributed by atoms with Gasteiger partial charge in [0.05, 0.1) is 6.04 Å². The van der Waals surface area contributed by atoms with Crippen molar-refractivity contribution < 1.29 is 4.79 Å². The van der Waals surface area contributed by atoms with Gasteiger partial charge in [0, 0.05) is 18.8 Å². The summed E-state index contributed by atoms with van der Waals surface area (Å²) >= 11 is 0. The van der Waals surface area contributed by atoms with Gasteiger partial charge in [-0.3, -0.25) is 9.78 Å². The van der Waals surface area contributed by atoms with Crippen molar-refractivity contribution in [2.24, 2.45) is 0 Å². The third-order valence-corrected chi connectivity index (χ3v) is 2.99. The van der Waals surface area contributed by atoms with E-state index in [2.05, 4.69) is 16.4 Å². The van der Waals surface area contributed by atoms with Gasteiger partial charge in [0.25, 0.3) is 0 Å². The van der Waals surface area contributed by atoms with Gasteiger partial charge < -0.3 is 5.32 Å². The number of aromatic nitrogens is 1. The number of carbonyl (C=O) groups is 1. The van der Waals surface area contributed by atoms with Gasteiger partial charge in [-0.05, 0) is 30.5 Å². The number of rotatable bonds is 4. The predicted molar refractivity (Wildman–Crippen MR) is 75.7 cm³/mol. The Morgan fingerprint density at radius 1 is 1.21 bits per heavy atom. The summed E-state index contributed by atoms with van der Waals surface area (Å²) in [5.74, 6) is -0.0195. The molecule has 1 heterocycles. The van der Waals surface area contributed by atoms with E-state index in [1.54, 1.807) is 6.92 Å². The second kappa shape index (κ2) is 6.14. The van der Waals surface area contributed by atoms with Crippen LogP contribution >= 0.6 is 0 Å². The highest BCUT2D eigenvalue weighted by Gasteiger charge is 2.13. The molecule has 0 saturated heterocycles. The largest absolute Gasteiger partial charge is 0.349 e. The molecule has 1 unspecified atom stereocenters. The van der Waals surface area contributed by atoms with Gasteiger partial charge in [-0.2, -0.15) is 0 Å². The Bertz CT molecular complexity index is 534. The van der Waals surface area contributed by atoms with Gasteiger partial charge in [0.2, 0.25) is 5.91 Å². The van der Waals surface area contributed by atoms with Crippen LogP contribution in [0, 0.1) is 6.92 Å². The highest BCUT2D eigenvalue weighted by Crippen LogP contribution is 2.18. The van der Waals surface area contributed by atoms with E-state index in [1.807, 2.05) is 49.5 Å². The molecule has 0 saturated carbocycles. The molecule has 0 aliphatic carbocycles. The number of carbonyl (C=O) groups excluding carboxylic acids is 1. The Morgan fingerprint density at radius 3 is 2.53 bits per heavy atom. The van der Waals surface area contributed by atoms with Crippen LogP contribution in [0.15, 0.2) is 48.7 Å². The third-order valence-electron chi connectivity index (χ3n) is 2.99. The monoisotopic (exact) mass is 254 g/mol. The number of benzene rings is 1. The lowest BCUT2D eigenvalue weighted by Gasteiger charge is -2.18. The van der Waals surface area contributed by atoms with E-state index in [1.165, 1.54) is 0 Å². The minimum atomic E-state index is -0.0195. The van der Waals surface area contributed by atoms with Crippen LogP contribution in [0.3, 0.4) is 0 Å². The summed E-state index contributed by atoms with van der Waals surface area (Å²) in [6.45, 7) is 3.51. The lowest BCUT2D eigenvalue weighted by atomic mass is 9.99. The van der Waals surface area contributed by atoms with Crippen molar-refractivity contribution >= 4 is 5.91 Å². The zero-order chi connectivity index (χ0) is 13.7. The highest BCUT2D eigenvalue weighted by molar-refractivity contribution is 5.73. The quantitative estimate of drug-likeness (QED) is 0.911. The second-order valence-electron chi connectivity index (χ2n) is 4.68. The zero-order valence-corrected chi connectivity index (χ0v) is 11.3. The van der Waals surface area contributed by atoms with Gasteiger partial charge >= 0.3 is 0 Å². The highest BCUT2D eigenvalue weighted by atomic mass is 16.1. The molecule has 0 spiro atoms. The first-order valence-electron chi connectivity index (χ1n) is 6.39. The van der Waals surface area contributed by atoms with Crippen molar-refractivity contribution in [3.8, 4) is 0 Å². The third kappa shape index (κ3) is 3.91. The minimum absolute atomic E-state index is 0.0109. The molecule has 1 aromatic carbocycles. The van der Waals surface area contributed by atoms with Crippen molar-refractivity contribution in [1.29, 1.82) is 0 Å². The van der Waals surface area contributed by atoms with Gasteiger partial charge in [-0.15, -0.1) is 0 Å². The molecule has 1 amide bonds. The Labute approximate surface area is 113 Å². The molecule has 19 heavy (non-hydrogen) atoms. The molecular weight excluding hydrogens is 236 g/mol. The molecule has 1 N–H and O–H groups in total. The van der Waals surface area contributed by atoms with Gasteiger partial charge in [0.15, 0.2) is 0 Å². The fraction of sp³-hybridized carbons (Fsp3) is 0.250. The van der Waals surface area contributed by atoms with Crippen LogP contribution in [0.2, 0.25) is 0 Å². The first-order chi connectivity index (χ1) is 9.15. The number of hydrogen-bond acceptors (Lipinski definition) is 2. The molecule has 3 heteroatoms. The molecule has 0 radical (unpaired) electrons. The topological polar surface area (TPSA) is 42.0 Å². The van der Waals surface area contributed by atoms with Gasteiger partial charge in [-0.1, -0.05) is 36.4 Å². The normalized spacial score (nSPS) is 11.9. The van der Waals surface area contributed by atoms with Gasteiger partial charge in [0.1, 0.15) is 0 Å². The Balaban J connectivity index is 2.19. The molecular formula is C16H18N2O. The van der Waals surface area contributed by atoms with Crippen molar-refractivity contribution in [2.45, 2.75) is 26.3 Å². The summed E-state index contributed by atoms with van der Waals surface area (Å²) in [6, 6.07) is 14.0. The van der Waals surface area contributed by atoms with Crippen LogP contribution in [0.25, 0.3) is 0 Å². The first kappa shape index (κ1) is 13.3. The van der Waals surface area contributed by atoms with Crippen LogP contribution < -0.4 is 5.32 Å². The molecule has 0 bridgehead atoms. The molecule has 98 valence electrons. The molecule has 0 aliphatic heterocycles. The molecule has 0 aliphatic rings. The summed E-state index contributed by atoms with van der Waals surface area (Å²) in [7, 11) is 0. The number of aryl methyl sites for hydroxylation is 1. The van der Waals surface area contributed by atoms with Crippen LogP contribution in [-0.2, 0) is 11.2 Å². The molecule has 2 rings (SSSR count). The van der Waals surface area contributed by atoms with Gasteiger partial charge in [-0.25, -0.2) is 0 Å². The summed E-state index contributed by atoms with van der Waals surface area (Å²) in [5, 5.41) is 2.99. The fourth-order valence-electron chi connectivity index (χ4n) is 2.04. The van der Waals surface area contributed by atoms with Crippen molar-refractivity contribution in [2.75, 3.05) is 0 Å². The molecule has 1 aromatic heterocycles. The van der Waals surface area contributed by atoms with Crippen molar-refractivity contribution in [3.63, 3.8) is 0 Å². The van der Waals surface area contributed by atoms with Crippen molar-refractivity contribution in [3.05, 3.63) is 65.5 Å². The summed E-state index contributed by atoms with van der Waals surface area (Å²) < 4.78 is 0. The maximum Gasteiger partial charge on any atom is 0.217 e. The first-order valence-corrected chi connectivity index (χ1v) is 6.39. The van der Waals surface area contributed by atoms with E-state index < -0.39 is 0 Å². The Morgan fingerprint density at radius 2 is 1.95 bits per heavy atom. The smallest absolute Gasteiger partial charge is 0.217 e. The SMILES string of the molecule is CC(=O)NC(Cc1ccc(C)nc1)c1ccccc1. The average molecular weight is 254 g/mol. The number of nitrogens with zero attached hydrogens (tertiary/aromatic N) is 1. The van der Waals surface area contributed by atoms with E-state index in [0.29, 0.717) is 0 Å². The standard InChI is InChI=1S/C16H18N2O/c1-12-8-9-14(11-17-12)10-16(18-13(2)19)15-6-4-3-5-7-15/h3-9,11,16H,10H2,1-2H3,(H,18,19). The molecule has 1 atom stereocenters. The van der Waals surface area contributed by atoms with E-state index >= 15 is 0 Å². The van der Waals surface area contributed by atoms with E-state index in [-0.39, 0.29) is 11.9 Å². The number of amides is 1. The minimum Gasteiger partial charge on any atom is -0.349 e. The summed E-state index contributed by atoms with van der Waals surface area (Å²) in [4.78, 5) is 15.6. The molecule has 2 aromatic rings. The summed E-state index contributed by atoms with van der Waals surface area (Å²) in [6.07, 6.45) is 2.62. The van der Waals surface area contributed by atoms with E-state index in [9.17, 15) is 4.79 Å². The van der Waals surface area contributed by atoms with Crippen LogP contribution in [0.1, 0.15) is 29.8 Å². The van der Waals surface area contributed by atoms with E-state index in [0.717, 1.165) is 23.2 Å². The van der Waals surface area contributed by atoms with E-state index in [4.69, 9.17) is 0 Å². The number of nitrogens with one attached hydrogen (secondary N) is 1. The molecule has 0 fully saturated rings. The zero-order valence-electron chi connectivity index (χ0n) is 11.3. The maximum atomic E-state index is 11.3. The van der Waals surface area contributed by atoms with Crippen LogP contribution in [-0.4, -0.2) is 10.9 Å². The molecule has 3 nitrogen and oxygen atoms in total. The average Bonchev–Trinajstić information content (AvgIpc) is 2.41. The fourth-order valence-corrected chi connectivity index (χ4v) is 2.04. The van der Waals surface area contributed by atoms with Crippen LogP contribution in [0.4, 0.5) is 0 Å². The second-order valence-corrected chi connectivity index (χ2v) is 4.68. The summed E-state index contributed by atoms with van der Waals surface area (Å²) in [5.41, 5.74) is 3.23. The lowest BCUT2D eigenvalue weighted by molar-refractivity contribution is -0.119. The van der Waals surface area contributed by atoms with Crippen LogP contribution in [0.5, 0.6) is 0 Å². The Kier molecular flexibility index (Phi) is 4.29. The maximum absolute atomic E-state index is 11.3. The van der Waals surface area contributed by atoms with Crippen molar-refractivity contribution in [1.82, 2.24) is 10.3 Å². The predicted octanol–water partition coefficient (Wildman–Crippen LogP) is 2.81. The number of pyridine rings is 1. The number of hydrogen-bond donors (Lipinski definition) is 1.